The van der Waals surface area contributed by atoms with Crippen molar-refractivity contribution in [2.75, 3.05) is 0 Å². The molecule has 0 aromatic carbocycles. The number of aliphatic hydroxyl groups excluding tert-OH is 1. The molecule has 0 aliphatic heterocycles. The molecule has 164 valence electrons. The first-order valence-corrected chi connectivity index (χ1v) is 12.8. The Hall–Kier alpha value is -0.560. The van der Waals surface area contributed by atoms with Crippen molar-refractivity contribution in [3.05, 3.63) is 23.3 Å². The zero-order valence-electron chi connectivity index (χ0n) is 20.0. The van der Waals surface area contributed by atoms with Gasteiger partial charge in [0.2, 0.25) is 0 Å². The molecule has 0 saturated heterocycles. The summed E-state index contributed by atoms with van der Waals surface area (Å²) in [5, 5.41) is 10.2. The molecular formula is C28H46O. The molecule has 0 radical (unpaired) electrons. The van der Waals surface area contributed by atoms with Crippen LogP contribution in [0, 0.1) is 46.3 Å². The van der Waals surface area contributed by atoms with E-state index in [1.54, 1.807) is 11.1 Å². The summed E-state index contributed by atoms with van der Waals surface area (Å²) in [7, 11) is 0. The highest BCUT2D eigenvalue weighted by molar-refractivity contribution is 5.38. The normalized spacial score (nSPS) is 43.7. The van der Waals surface area contributed by atoms with Crippen LogP contribution in [0.4, 0.5) is 0 Å². The van der Waals surface area contributed by atoms with Crippen LogP contribution in [0.15, 0.2) is 23.3 Å². The first-order chi connectivity index (χ1) is 13.7. The molecule has 1 nitrogen and oxygen atoms in total. The number of aliphatic hydroxyl groups is 1. The Labute approximate surface area is 180 Å². The summed E-state index contributed by atoms with van der Waals surface area (Å²) in [5.74, 6) is 4.97. The van der Waals surface area contributed by atoms with Gasteiger partial charge in [0.15, 0.2) is 0 Å². The molecule has 1 N–H and O–H groups in total. The van der Waals surface area contributed by atoms with Crippen LogP contribution in [-0.2, 0) is 0 Å². The van der Waals surface area contributed by atoms with E-state index in [2.05, 4.69) is 53.7 Å². The molecule has 4 aliphatic carbocycles. The van der Waals surface area contributed by atoms with E-state index >= 15 is 0 Å². The summed E-state index contributed by atoms with van der Waals surface area (Å²) < 4.78 is 0. The topological polar surface area (TPSA) is 20.2 Å². The van der Waals surface area contributed by atoms with Gasteiger partial charge in [0.05, 0.1) is 6.10 Å². The Morgan fingerprint density at radius 3 is 2.41 bits per heavy atom. The van der Waals surface area contributed by atoms with Crippen molar-refractivity contribution in [1.29, 1.82) is 0 Å². The quantitative estimate of drug-likeness (QED) is 0.506. The molecule has 7 unspecified atom stereocenters. The molecule has 0 heterocycles. The van der Waals surface area contributed by atoms with Crippen LogP contribution in [0.2, 0.25) is 0 Å². The Morgan fingerprint density at radius 1 is 0.931 bits per heavy atom. The van der Waals surface area contributed by atoms with Gasteiger partial charge in [-0.15, -0.1) is 0 Å². The fraction of sp³-hybridized carbons (Fsp3) is 0.857. The van der Waals surface area contributed by atoms with Gasteiger partial charge in [0, 0.05) is 0 Å². The predicted octanol–water partition coefficient (Wildman–Crippen LogP) is 7.55. The molecule has 4 aliphatic rings. The first-order valence-electron chi connectivity index (χ1n) is 12.8. The summed E-state index contributed by atoms with van der Waals surface area (Å²) in [4.78, 5) is 0. The lowest BCUT2D eigenvalue weighted by molar-refractivity contribution is 0.0317. The van der Waals surface area contributed by atoms with Crippen LogP contribution in [0.3, 0.4) is 0 Å². The third kappa shape index (κ3) is 3.58. The smallest absolute Gasteiger partial charge is 0.0578 e. The van der Waals surface area contributed by atoms with Crippen LogP contribution < -0.4 is 0 Å². The van der Waals surface area contributed by atoms with Crippen LogP contribution in [-0.4, -0.2) is 11.2 Å². The van der Waals surface area contributed by atoms with E-state index < -0.39 is 0 Å². The Balaban J connectivity index is 1.52. The molecule has 1 heteroatoms. The SMILES string of the molecule is CC(C)C(C)CCC(C)C1CCC2C3=CC=C4C[C@@H](O)CCC4(C)C3CCC21C. The molecule has 3 saturated carbocycles. The molecule has 0 bridgehead atoms. The lowest BCUT2D eigenvalue weighted by atomic mass is 9.50. The Bertz CT molecular complexity index is 672. The highest BCUT2D eigenvalue weighted by atomic mass is 16.3. The van der Waals surface area contributed by atoms with E-state index in [1.807, 2.05) is 0 Å². The minimum atomic E-state index is -0.108. The minimum Gasteiger partial charge on any atom is -0.393 e. The summed E-state index contributed by atoms with van der Waals surface area (Å²) in [5.41, 5.74) is 4.17. The minimum absolute atomic E-state index is 0.108. The number of allylic oxidation sites excluding steroid dienone is 3. The number of hydrogen-bond donors (Lipinski definition) is 1. The molecule has 0 amide bonds. The van der Waals surface area contributed by atoms with E-state index in [0.29, 0.717) is 10.8 Å². The maximum absolute atomic E-state index is 10.2. The predicted molar refractivity (Wildman–Crippen MR) is 124 cm³/mol. The van der Waals surface area contributed by atoms with Crippen molar-refractivity contribution in [2.45, 2.75) is 105 Å². The summed E-state index contributed by atoms with van der Waals surface area (Å²) in [6.07, 6.45) is 16.4. The van der Waals surface area contributed by atoms with Gasteiger partial charge in [0.1, 0.15) is 0 Å². The largest absolute Gasteiger partial charge is 0.393 e. The second-order valence-electron chi connectivity index (χ2n) is 12.3. The van der Waals surface area contributed by atoms with Crippen LogP contribution in [0.1, 0.15) is 99.3 Å². The second kappa shape index (κ2) is 7.85. The lowest BCUT2D eigenvalue weighted by Gasteiger charge is -2.55. The second-order valence-corrected chi connectivity index (χ2v) is 12.3. The zero-order chi connectivity index (χ0) is 21.0. The average molecular weight is 399 g/mol. The van der Waals surface area contributed by atoms with E-state index in [1.165, 1.54) is 44.9 Å². The van der Waals surface area contributed by atoms with Crippen LogP contribution in [0.5, 0.6) is 0 Å². The van der Waals surface area contributed by atoms with E-state index in [4.69, 9.17) is 0 Å². The monoisotopic (exact) mass is 398 g/mol. The van der Waals surface area contributed by atoms with Crippen molar-refractivity contribution in [3.63, 3.8) is 0 Å². The fourth-order valence-electron chi connectivity index (χ4n) is 8.02. The maximum Gasteiger partial charge on any atom is 0.0578 e. The molecule has 4 rings (SSSR count). The molecule has 29 heavy (non-hydrogen) atoms. The molecule has 0 spiro atoms. The summed E-state index contributed by atoms with van der Waals surface area (Å²) in [6, 6.07) is 0. The van der Waals surface area contributed by atoms with E-state index in [0.717, 1.165) is 48.3 Å². The zero-order valence-corrected chi connectivity index (χ0v) is 20.0. The molecule has 3 fully saturated rings. The highest BCUT2D eigenvalue weighted by Crippen LogP contribution is 2.66. The lowest BCUT2D eigenvalue weighted by Crippen LogP contribution is -2.46. The van der Waals surface area contributed by atoms with Gasteiger partial charge >= 0.3 is 0 Å². The van der Waals surface area contributed by atoms with Crippen molar-refractivity contribution < 1.29 is 5.11 Å². The van der Waals surface area contributed by atoms with Gasteiger partial charge in [-0.3, -0.25) is 0 Å². The number of fused-ring (bicyclic) bond motifs is 5. The Morgan fingerprint density at radius 2 is 1.69 bits per heavy atom. The van der Waals surface area contributed by atoms with Crippen LogP contribution in [0.25, 0.3) is 0 Å². The van der Waals surface area contributed by atoms with Gasteiger partial charge in [0.25, 0.3) is 0 Å². The first kappa shape index (κ1) is 21.7. The van der Waals surface area contributed by atoms with Gasteiger partial charge in [-0.2, -0.15) is 0 Å². The van der Waals surface area contributed by atoms with Gasteiger partial charge in [-0.25, -0.2) is 0 Å². The van der Waals surface area contributed by atoms with Crippen molar-refractivity contribution in [2.24, 2.45) is 46.3 Å². The molecular weight excluding hydrogens is 352 g/mol. The summed E-state index contributed by atoms with van der Waals surface area (Å²) in [6.45, 7) is 14.9. The van der Waals surface area contributed by atoms with Crippen molar-refractivity contribution in [3.8, 4) is 0 Å². The average Bonchev–Trinajstić information content (AvgIpc) is 3.03. The number of rotatable bonds is 5. The number of hydrogen-bond acceptors (Lipinski definition) is 1. The highest BCUT2D eigenvalue weighted by Gasteiger charge is 2.56. The standard InChI is InChI=1S/C28H46O/c1-18(2)19(3)7-8-20(4)24-11-12-25-23-10-9-21-17-22(29)13-15-27(21,5)26(23)14-16-28(24,25)6/h9-10,18-20,22,24-26,29H,7-8,11-17H2,1-6H3/t19?,20?,22-,24?,25?,26?,27?,28?/m0/s1. The van der Waals surface area contributed by atoms with Gasteiger partial charge < -0.3 is 5.11 Å². The van der Waals surface area contributed by atoms with Gasteiger partial charge in [-0.1, -0.05) is 77.7 Å². The van der Waals surface area contributed by atoms with Crippen molar-refractivity contribution in [1.82, 2.24) is 0 Å². The van der Waals surface area contributed by atoms with Crippen LogP contribution >= 0.6 is 0 Å². The Kier molecular flexibility index (Phi) is 5.86. The van der Waals surface area contributed by atoms with E-state index in [-0.39, 0.29) is 6.10 Å². The molecule has 8 atom stereocenters. The third-order valence-corrected chi connectivity index (χ3v) is 10.5. The molecule has 0 aromatic heterocycles. The maximum atomic E-state index is 10.2. The fourth-order valence-corrected chi connectivity index (χ4v) is 8.02. The summed E-state index contributed by atoms with van der Waals surface area (Å²) >= 11 is 0. The van der Waals surface area contributed by atoms with E-state index in [9.17, 15) is 5.11 Å². The third-order valence-electron chi connectivity index (χ3n) is 10.5. The molecule has 0 aromatic rings. The van der Waals surface area contributed by atoms with Gasteiger partial charge in [-0.05, 0) is 91.3 Å². The van der Waals surface area contributed by atoms with Crippen molar-refractivity contribution >= 4 is 0 Å².